The van der Waals surface area contributed by atoms with Crippen LogP contribution in [0.15, 0.2) is 40.9 Å². The Morgan fingerprint density at radius 1 is 1.28 bits per heavy atom. The zero-order valence-electron chi connectivity index (χ0n) is 21.7. The van der Waals surface area contributed by atoms with Gasteiger partial charge in [-0.25, -0.2) is 13.8 Å². The van der Waals surface area contributed by atoms with Crippen LogP contribution in [0.25, 0.3) is 38.0 Å². The maximum Gasteiger partial charge on any atom is 0.229 e. The monoisotopic (exact) mass is 392 g/mol. The first-order chi connectivity index (χ1) is 15.8. The van der Waals surface area contributed by atoms with Crippen molar-refractivity contribution >= 4 is 27.6 Å². The molecule has 0 spiro atoms. The summed E-state index contributed by atoms with van der Waals surface area (Å²) in [5, 5.41) is 0.870. The number of hydrogen-bond acceptors (Lipinski definition) is 1. The van der Waals surface area contributed by atoms with E-state index in [0.717, 1.165) is 0 Å². The molecule has 0 radical (unpaired) electrons. The van der Waals surface area contributed by atoms with Gasteiger partial charge in [-0.05, 0) is 37.2 Å². The van der Waals surface area contributed by atoms with Crippen molar-refractivity contribution < 1.29 is 20.2 Å². The molecule has 0 atom stereocenters. The van der Waals surface area contributed by atoms with E-state index in [4.69, 9.17) is 17.8 Å². The Balaban J connectivity index is 2.14. The van der Waals surface area contributed by atoms with Crippen LogP contribution in [0.1, 0.15) is 37.4 Å². The van der Waals surface area contributed by atoms with Gasteiger partial charge in [0.2, 0.25) is 11.4 Å². The number of aromatic nitrogens is 1. The molecule has 0 fully saturated rings. The number of rotatable bonds is 3. The predicted molar refractivity (Wildman–Crippen MR) is 115 cm³/mol. The zero-order chi connectivity index (χ0) is 25.2. The molecule has 4 heteroatoms. The fraction of sp³-hybridized carbons (Fsp3) is 0.280. The number of halogens is 1. The normalized spacial score (nSPS) is 15.0. The Morgan fingerprint density at radius 3 is 2.76 bits per heavy atom. The van der Waals surface area contributed by atoms with Crippen molar-refractivity contribution in [2.75, 3.05) is 0 Å². The number of benzene rings is 2. The Hall–Kier alpha value is -3.19. The van der Waals surface area contributed by atoms with Crippen molar-refractivity contribution in [3.8, 4) is 11.3 Å². The van der Waals surface area contributed by atoms with E-state index in [-0.39, 0.29) is 28.0 Å². The lowest BCUT2D eigenvalue weighted by Crippen LogP contribution is -2.32. The topological polar surface area (TPSA) is 21.4 Å². The summed E-state index contributed by atoms with van der Waals surface area (Å²) in [4.78, 5) is 3.51. The van der Waals surface area contributed by atoms with Gasteiger partial charge in [0, 0.05) is 23.7 Å². The van der Waals surface area contributed by atoms with Gasteiger partial charge in [0.05, 0.1) is 17.7 Å². The zero-order valence-corrected chi connectivity index (χ0v) is 16.7. The van der Waals surface area contributed by atoms with E-state index in [9.17, 15) is 0 Å². The lowest BCUT2D eigenvalue weighted by Gasteiger charge is -2.10. The molecule has 0 unspecified atom stereocenters. The van der Waals surface area contributed by atoms with Crippen LogP contribution >= 0.6 is 0 Å². The van der Waals surface area contributed by atoms with Crippen LogP contribution in [0.3, 0.4) is 0 Å². The maximum atomic E-state index is 15.3. The smallest absolute Gasteiger partial charge is 0.229 e. The van der Waals surface area contributed by atoms with Gasteiger partial charge in [-0.1, -0.05) is 38.1 Å². The van der Waals surface area contributed by atoms with Crippen molar-refractivity contribution in [1.82, 2.24) is 0 Å². The minimum absolute atomic E-state index is 0.0540. The second kappa shape index (κ2) is 7.00. The summed E-state index contributed by atoms with van der Waals surface area (Å²) < 4.78 is 63.9. The van der Waals surface area contributed by atoms with Crippen LogP contribution in [-0.4, -0.2) is 0 Å². The molecule has 0 saturated heterocycles. The van der Waals surface area contributed by atoms with E-state index in [0.29, 0.717) is 27.6 Å². The predicted octanol–water partition coefficient (Wildman–Crippen LogP) is 6.58. The fourth-order valence-corrected chi connectivity index (χ4v) is 3.78. The Bertz CT molecular complexity index is 1500. The van der Waals surface area contributed by atoms with Crippen molar-refractivity contribution in [3.63, 3.8) is 0 Å². The van der Waals surface area contributed by atoms with E-state index in [1.807, 2.05) is 0 Å². The van der Waals surface area contributed by atoms with Crippen LogP contribution in [0, 0.1) is 32.1 Å². The minimum Gasteiger partial charge on any atom is -0.466 e. The molecule has 29 heavy (non-hydrogen) atoms. The van der Waals surface area contributed by atoms with Gasteiger partial charge in [-0.15, -0.1) is 0 Å². The Labute approximate surface area is 177 Å². The van der Waals surface area contributed by atoms with Gasteiger partial charge >= 0.3 is 0 Å². The van der Waals surface area contributed by atoms with Crippen LogP contribution in [0.5, 0.6) is 0 Å². The van der Waals surface area contributed by atoms with Crippen molar-refractivity contribution in [3.05, 3.63) is 70.5 Å². The number of hydrogen-bond donors (Lipinski definition) is 0. The highest BCUT2D eigenvalue weighted by molar-refractivity contribution is 6.14. The number of aryl methyl sites for hydroxylation is 3. The third-order valence-corrected chi connectivity index (χ3v) is 4.99. The molecule has 0 aliphatic carbocycles. The molecule has 0 saturated carbocycles. The molecule has 0 N–H and O–H groups in total. The highest BCUT2D eigenvalue weighted by Crippen LogP contribution is 2.41. The van der Waals surface area contributed by atoms with Gasteiger partial charge in [-0.2, -0.15) is 0 Å². The average molecular weight is 393 g/mol. The molecule has 4 rings (SSSR count). The van der Waals surface area contributed by atoms with Gasteiger partial charge < -0.3 is 4.42 Å². The number of fused-ring (bicyclic) bond motifs is 3. The molecule has 0 amide bonds. The lowest BCUT2D eigenvalue weighted by atomic mass is 9.96. The molecule has 2 aromatic carbocycles. The SMILES string of the molecule is [2H]C([2H])([2H])c1cc(C)c(-c2cc(F)c(C([2H])([2H])C(C)C)c[n+]2C)c2oc3c([N+]#[C-])cccc3c12. The van der Waals surface area contributed by atoms with Crippen LogP contribution < -0.4 is 4.57 Å². The number of nitrogens with zero attached hydrogens (tertiary/aromatic N) is 2. The molecule has 0 aliphatic heterocycles. The molecule has 2 heterocycles. The van der Waals surface area contributed by atoms with Crippen LogP contribution in [0.2, 0.25) is 0 Å². The van der Waals surface area contributed by atoms with Crippen molar-refractivity contribution in [2.45, 2.75) is 34.0 Å². The Kier molecular flexibility index (Phi) is 3.36. The molecule has 146 valence electrons. The van der Waals surface area contributed by atoms with Crippen LogP contribution in [-0.2, 0) is 13.4 Å². The van der Waals surface area contributed by atoms with Gasteiger partial charge in [0.15, 0.2) is 6.20 Å². The second-order valence-electron chi connectivity index (χ2n) is 7.52. The van der Waals surface area contributed by atoms with E-state index in [1.165, 1.54) is 12.3 Å². The quantitative estimate of drug-likeness (QED) is 0.285. The van der Waals surface area contributed by atoms with Gasteiger partial charge in [0.25, 0.3) is 0 Å². The lowest BCUT2D eigenvalue weighted by molar-refractivity contribution is -0.661. The van der Waals surface area contributed by atoms with E-state index < -0.39 is 25.0 Å². The summed E-state index contributed by atoms with van der Waals surface area (Å²) in [6.07, 6.45) is -0.444. The summed E-state index contributed by atoms with van der Waals surface area (Å²) in [5.74, 6) is -1.14. The van der Waals surface area contributed by atoms with Crippen molar-refractivity contribution in [1.29, 1.82) is 0 Å². The third kappa shape index (κ3) is 3.07. The molecule has 0 aliphatic rings. The standard InChI is InChI=1S/C25H24FN2O/c1-14(2)10-17-13-28(6)21(12-19(17)26)23-16(4)11-15(3)22-18-8-7-9-20(27-5)24(18)29-25(22)23/h7-9,11-14H,10H2,1-4,6H3/q+1/i3D3,10D2. The highest BCUT2D eigenvalue weighted by atomic mass is 19.1. The molecular formula is C25H24FN2O+. The van der Waals surface area contributed by atoms with Gasteiger partial charge in [0.1, 0.15) is 24.0 Å². The second-order valence-corrected chi connectivity index (χ2v) is 7.52. The molecule has 2 aromatic heterocycles. The maximum absolute atomic E-state index is 15.3. The third-order valence-electron chi connectivity index (χ3n) is 4.99. The van der Waals surface area contributed by atoms with Crippen molar-refractivity contribution in [2.24, 2.45) is 13.0 Å². The summed E-state index contributed by atoms with van der Waals surface area (Å²) in [6, 6.07) is 7.81. The highest BCUT2D eigenvalue weighted by Gasteiger charge is 2.25. The fourth-order valence-electron chi connectivity index (χ4n) is 3.78. The molecule has 4 aromatic rings. The molecule has 0 bridgehead atoms. The van der Waals surface area contributed by atoms with E-state index in [2.05, 4.69) is 4.85 Å². The Morgan fingerprint density at radius 2 is 2.07 bits per heavy atom. The number of furan rings is 1. The number of para-hydroxylation sites is 1. The summed E-state index contributed by atoms with van der Waals surface area (Å²) in [7, 11) is 1.69. The molecule has 3 nitrogen and oxygen atoms in total. The number of pyridine rings is 1. The first-order valence-electron chi connectivity index (χ1n) is 11.9. The van der Waals surface area contributed by atoms with E-state index >= 15 is 4.39 Å². The summed E-state index contributed by atoms with van der Waals surface area (Å²) >= 11 is 0. The van der Waals surface area contributed by atoms with Crippen LogP contribution in [0.4, 0.5) is 10.1 Å². The average Bonchev–Trinajstić information content (AvgIpc) is 3.13. The van der Waals surface area contributed by atoms with Gasteiger partial charge in [-0.3, -0.25) is 0 Å². The summed E-state index contributed by atoms with van der Waals surface area (Å²) in [6.45, 7) is 10.2. The first-order valence-corrected chi connectivity index (χ1v) is 9.35. The first kappa shape index (κ1) is 13.9. The summed E-state index contributed by atoms with van der Waals surface area (Å²) in [5.41, 5.74) is 2.30. The largest absolute Gasteiger partial charge is 0.466 e. The van der Waals surface area contributed by atoms with E-state index in [1.54, 1.807) is 56.7 Å². The minimum atomic E-state index is -2.43. The molecular weight excluding hydrogens is 363 g/mol.